The Morgan fingerprint density at radius 3 is 3.25 bits per heavy atom. The third-order valence-electron chi connectivity index (χ3n) is 3.51. The number of imidazole rings is 1. The predicted octanol–water partition coefficient (Wildman–Crippen LogP) is 0.750. The maximum absolute atomic E-state index is 5.73. The monoisotopic (exact) mass is 221 g/mol. The molecule has 1 aliphatic carbocycles. The van der Waals surface area contributed by atoms with Crippen molar-refractivity contribution in [2.45, 2.75) is 38.3 Å². The molecule has 1 N–H and O–H groups in total. The fraction of sp³-hybridized carbons (Fsp3) is 0.750. The minimum absolute atomic E-state index is 0.314. The molecule has 88 valence electrons. The van der Waals surface area contributed by atoms with Gasteiger partial charge in [0.25, 0.3) is 0 Å². The van der Waals surface area contributed by atoms with E-state index in [1.807, 2.05) is 6.33 Å². The second kappa shape index (κ2) is 4.55. The average molecular weight is 221 g/mol. The quantitative estimate of drug-likeness (QED) is 0.801. The van der Waals surface area contributed by atoms with Crippen molar-refractivity contribution in [2.75, 3.05) is 19.7 Å². The van der Waals surface area contributed by atoms with Crippen LogP contribution < -0.4 is 5.32 Å². The minimum Gasteiger partial charge on any atom is -0.374 e. The summed E-state index contributed by atoms with van der Waals surface area (Å²) >= 11 is 0. The lowest BCUT2D eigenvalue weighted by Gasteiger charge is -2.25. The molecule has 1 aliphatic heterocycles. The van der Waals surface area contributed by atoms with E-state index in [4.69, 9.17) is 4.74 Å². The van der Waals surface area contributed by atoms with Crippen LogP contribution in [0.2, 0.25) is 0 Å². The van der Waals surface area contributed by atoms with Gasteiger partial charge in [0.15, 0.2) is 0 Å². The molecule has 1 fully saturated rings. The minimum atomic E-state index is 0.314. The third-order valence-corrected chi connectivity index (χ3v) is 3.51. The first-order valence-corrected chi connectivity index (χ1v) is 6.28. The molecule has 3 rings (SSSR count). The van der Waals surface area contributed by atoms with Gasteiger partial charge in [-0.05, 0) is 25.7 Å². The number of ether oxygens (including phenoxy) is 1. The Labute approximate surface area is 96.0 Å². The molecule has 4 heteroatoms. The smallest absolute Gasteiger partial charge is 0.0952 e. The second-order valence-corrected chi connectivity index (χ2v) is 4.69. The molecule has 0 aromatic carbocycles. The summed E-state index contributed by atoms with van der Waals surface area (Å²) in [4.78, 5) is 4.51. The second-order valence-electron chi connectivity index (χ2n) is 4.69. The topological polar surface area (TPSA) is 39.1 Å². The van der Waals surface area contributed by atoms with Crippen LogP contribution >= 0.6 is 0 Å². The molecule has 1 unspecified atom stereocenters. The average Bonchev–Trinajstić information content (AvgIpc) is 2.74. The van der Waals surface area contributed by atoms with E-state index in [1.165, 1.54) is 30.7 Å². The Kier molecular flexibility index (Phi) is 2.93. The Morgan fingerprint density at radius 1 is 1.44 bits per heavy atom. The summed E-state index contributed by atoms with van der Waals surface area (Å²) in [5.74, 6) is 0. The lowest BCUT2D eigenvalue weighted by Crippen LogP contribution is -2.40. The maximum atomic E-state index is 5.73. The fourth-order valence-corrected chi connectivity index (χ4v) is 2.64. The van der Waals surface area contributed by atoms with E-state index in [1.54, 1.807) is 0 Å². The fourth-order valence-electron chi connectivity index (χ4n) is 2.64. The van der Waals surface area contributed by atoms with Crippen LogP contribution in [0.15, 0.2) is 6.33 Å². The van der Waals surface area contributed by atoms with Crippen molar-refractivity contribution in [1.82, 2.24) is 14.9 Å². The number of aryl methyl sites for hydroxylation is 1. The molecule has 1 atom stereocenters. The number of hydrogen-bond acceptors (Lipinski definition) is 3. The molecule has 1 saturated heterocycles. The molecular formula is C12H19N3O. The first kappa shape index (κ1) is 10.3. The van der Waals surface area contributed by atoms with E-state index in [0.717, 1.165) is 32.7 Å². The number of nitrogens with zero attached hydrogens (tertiary/aromatic N) is 2. The number of hydrogen-bond donors (Lipinski definition) is 1. The summed E-state index contributed by atoms with van der Waals surface area (Å²) in [6.07, 6.45) is 7.26. The highest BCUT2D eigenvalue weighted by Crippen LogP contribution is 2.20. The number of aromatic nitrogens is 2. The van der Waals surface area contributed by atoms with Crippen molar-refractivity contribution in [3.05, 3.63) is 17.7 Å². The number of rotatable bonds is 2. The van der Waals surface area contributed by atoms with E-state index >= 15 is 0 Å². The summed E-state index contributed by atoms with van der Waals surface area (Å²) in [7, 11) is 0. The van der Waals surface area contributed by atoms with Gasteiger partial charge in [0.1, 0.15) is 0 Å². The van der Waals surface area contributed by atoms with Crippen molar-refractivity contribution in [2.24, 2.45) is 0 Å². The van der Waals surface area contributed by atoms with E-state index < -0.39 is 0 Å². The standard InChI is InChI=1S/C12H19N3O/c1-2-4-12-11(3-1)14-9-15(12)8-10-7-13-5-6-16-10/h9-10,13H,1-8H2. The van der Waals surface area contributed by atoms with Gasteiger partial charge in [0.05, 0.1) is 31.3 Å². The summed E-state index contributed by atoms with van der Waals surface area (Å²) < 4.78 is 8.03. The largest absolute Gasteiger partial charge is 0.374 e. The van der Waals surface area contributed by atoms with Crippen LogP contribution in [0.4, 0.5) is 0 Å². The Hall–Kier alpha value is -0.870. The molecular weight excluding hydrogens is 202 g/mol. The van der Waals surface area contributed by atoms with Gasteiger partial charge < -0.3 is 14.6 Å². The van der Waals surface area contributed by atoms with Gasteiger partial charge in [-0.25, -0.2) is 4.98 Å². The van der Waals surface area contributed by atoms with Crippen molar-refractivity contribution < 1.29 is 4.74 Å². The molecule has 0 bridgehead atoms. The van der Waals surface area contributed by atoms with Gasteiger partial charge in [-0.1, -0.05) is 0 Å². The lowest BCUT2D eigenvalue weighted by atomic mass is 10.0. The van der Waals surface area contributed by atoms with Crippen LogP contribution in [-0.2, 0) is 24.1 Å². The van der Waals surface area contributed by atoms with Crippen molar-refractivity contribution in [3.63, 3.8) is 0 Å². The van der Waals surface area contributed by atoms with Crippen molar-refractivity contribution in [1.29, 1.82) is 0 Å². The zero-order chi connectivity index (χ0) is 10.8. The molecule has 1 aromatic rings. The Morgan fingerprint density at radius 2 is 2.38 bits per heavy atom. The molecule has 0 radical (unpaired) electrons. The molecule has 16 heavy (non-hydrogen) atoms. The Balaban J connectivity index is 1.71. The molecule has 0 saturated carbocycles. The van der Waals surface area contributed by atoms with Gasteiger partial charge in [0.2, 0.25) is 0 Å². The highest BCUT2D eigenvalue weighted by atomic mass is 16.5. The Bertz CT molecular complexity index is 355. The van der Waals surface area contributed by atoms with Gasteiger partial charge in [-0.2, -0.15) is 0 Å². The number of fused-ring (bicyclic) bond motifs is 1. The lowest BCUT2D eigenvalue weighted by molar-refractivity contribution is 0.0177. The van der Waals surface area contributed by atoms with Gasteiger partial charge in [0, 0.05) is 18.8 Å². The van der Waals surface area contributed by atoms with Crippen LogP contribution in [-0.4, -0.2) is 35.4 Å². The molecule has 0 amide bonds. The van der Waals surface area contributed by atoms with Gasteiger partial charge in [-0.15, -0.1) is 0 Å². The highest BCUT2D eigenvalue weighted by Gasteiger charge is 2.19. The first-order valence-electron chi connectivity index (χ1n) is 6.28. The van der Waals surface area contributed by atoms with Gasteiger partial charge in [-0.3, -0.25) is 0 Å². The summed E-state index contributed by atoms with van der Waals surface area (Å²) in [5, 5.41) is 3.37. The summed E-state index contributed by atoms with van der Waals surface area (Å²) in [6, 6.07) is 0. The molecule has 2 aliphatic rings. The molecule has 4 nitrogen and oxygen atoms in total. The number of nitrogens with one attached hydrogen (secondary N) is 1. The summed E-state index contributed by atoms with van der Waals surface area (Å²) in [6.45, 7) is 3.74. The van der Waals surface area contributed by atoms with Crippen molar-refractivity contribution in [3.8, 4) is 0 Å². The zero-order valence-electron chi connectivity index (χ0n) is 9.61. The van der Waals surface area contributed by atoms with E-state index in [0.29, 0.717) is 6.10 Å². The zero-order valence-corrected chi connectivity index (χ0v) is 9.61. The van der Waals surface area contributed by atoms with Crippen LogP contribution in [0, 0.1) is 0 Å². The third kappa shape index (κ3) is 1.99. The van der Waals surface area contributed by atoms with Crippen LogP contribution in [0.3, 0.4) is 0 Å². The van der Waals surface area contributed by atoms with Crippen molar-refractivity contribution >= 4 is 0 Å². The molecule has 1 aromatic heterocycles. The van der Waals surface area contributed by atoms with Crippen LogP contribution in [0.1, 0.15) is 24.2 Å². The normalized spacial score (nSPS) is 25.4. The number of morpholine rings is 1. The molecule has 0 spiro atoms. The van der Waals surface area contributed by atoms with E-state index in [9.17, 15) is 0 Å². The van der Waals surface area contributed by atoms with Crippen LogP contribution in [0.5, 0.6) is 0 Å². The molecule has 2 heterocycles. The van der Waals surface area contributed by atoms with Crippen LogP contribution in [0.25, 0.3) is 0 Å². The van der Waals surface area contributed by atoms with E-state index in [-0.39, 0.29) is 0 Å². The first-order chi connectivity index (χ1) is 7.93. The highest BCUT2D eigenvalue weighted by molar-refractivity contribution is 5.16. The van der Waals surface area contributed by atoms with Gasteiger partial charge >= 0.3 is 0 Å². The summed E-state index contributed by atoms with van der Waals surface area (Å²) in [5.41, 5.74) is 2.76. The SMILES string of the molecule is c1nc2c(n1CC1CNCCO1)CCCC2. The predicted molar refractivity (Wildman–Crippen MR) is 61.5 cm³/mol. The maximum Gasteiger partial charge on any atom is 0.0952 e. The van der Waals surface area contributed by atoms with E-state index in [2.05, 4.69) is 14.9 Å².